The zero-order valence-electron chi connectivity index (χ0n) is 20.2. The normalized spacial score (nSPS) is 18.9. The molecule has 2 saturated heterocycles. The highest BCUT2D eigenvalue weighted by molar-refractivity contribution is 7.89. The first kappa shape index (κ1) is 25.5. The van der Waals surface area contributed by atoms with Crippen molar-refractivity contribution in [2.75, 3.05) is 45.9 Å². The molecule has 184 valence electrons. The van der Waals surface area contributed by atoms with E-state index in [0.717, 1.165) is 11.1 Å². The Morgan fingerprint density at radius 3 is 2.24 bits per heavy atom. The minimum atomic E-state index is -3.56. The third-order valence-electron chi connectivity index (χ3n) is 6.53. The van der Waals surface area contributed by atoms with Gasteiger partial charge in [0, 0.05) is 45.2 Å². The number of amides is 2. The van der Waals surface area contributed by atoms with Crippen LogP contribution in [-0.4, -0.2) is 80.4 Å². The first-order valence-electron chi connectivity index (χ1n) is 11.9. The summed E-state index contributed by atoms with van der Waals surface area (Å²) in [6.45, 7) is 11.1. The summed E-state index contributed by atoms with van der Waals surface area (Å²) in [6.07, 6.45) is 1.42. The lowest BCUT2D eigenvalue weighted by atomic mass is 9.96. The van der Waals surface area contributed by atoms with Gasteiger partial charge in [-0.25, -0.2) is 13.2 Å². The van der Waals surface area contributed by atoms with Crippen molar-refractivity contribution in [3.05, 3.63) is 29.3 Å². The quantitative estimate of drug-likeness (QED) is 0.648. The minimum Gasteiger partial charge on any atom is -0.449 e. The predicted octanol–water partition coefficient (Wildman–Crippen LogP) is 3.03. The lowest BCUT2D eigenvalue weighted by Gasteiger charge is -2.33. The third-order valence-corrected chi connectivity index (χ3v) is 8.42. The number of hydrogen-bond donors (Lipinski definition) is 0. The van der Waals surface area contributed by atoms with Crippen LogP contribution in [0.15, 0.2) is 23.1 Å². The topological polar surface area (TPSA) is 87.2 Å². The van der Waals surface area contributed by atoms with E-state index in [1.54, 1.807) is 17.0 Å². The van der Waals surface area contributed by atoms with Crippen LogP contribution in [0.2, 0.25) is 0 Å². The molecule has 0 atom stereocenters. The average molecular weight is 480 g/mol. The number of carbonyl (C=O) groups is 2. The molecule has 1 aromatic carbocycles. The monoisotopic (exact) mass is 479 g/mol. The number of sulfonamides is 1. The van der Waals surface area contributed by atoms with Gasteiger partial charge in [-0.2, -0.15) is 4.31 Å². The number of nitrogens with zero attached hydrogens (tertiary/aromatic N) is 3. The van der Waals surface area contributed by atoms with Gasteiger partial charge in [-0.1, -0.05) is 19.9 Å². The number of benzene rings is 1. The third kappa shape index (κ3) is 6.26. The number of rotatable bonds is 5. The largest absolute Gasteiger partial charge is 0.449 e. The zero-order chi connectivity index (χ0) is 24.2. The molecular weight excluding hydrogens is 442 g/mol. The SMILES string of the molecule is Cc1ccc(S(=O)(=O)N2CCC(C(=O)N3CCCN(C(=O)OCC(C)C)CC3)CC2)cc1C. The summed E-state index contributed by atoms with van der Waals surface area (Å²) in [4.78, 5) is 29.2. The summed E-state index contributed by atoms with van der Waals surface area (Å²) in [5, 5.41) is 0. The van der Waals surface area contributed by atoms with E-state index in [-0.39, 0.29) is 23.8 Å². The van der Waals surface area contributed by atoms with Gasteiger partial charge in [0.25, 0.3) is 0 Å². The highest BCUT2D eigenvalue weighted by atomic mass is 32.2. The molecule has 0 aromatic heterocycles. The molecule has 0 saturated carbocycles. The fourth-order valence-corrected chi connectivity index (χ4v) is 5.83. The van der Waals surface area contributed by atoms with Crippen molar-refractivity contribution in [2.45, 2.75) is 51.9 Å². The zero-order valence-corrected chi connectivity index (χ0v) is 21.1. The van der Waals surface area contributed by atoms with Crippen LogP contribution in [0.4, 0.5) is 4.79 Å². The van der Waals surface area contributed by atoms with Crippen molar-refractivity contribution in [3.8, 4) is 0 Å². The molecule has 0 radical (unpaired) electrons. The highest BCUT2D eigenvalue weighted by Gasteiger charge is 2.34. The molecule has 9 heteroatoms. The van der Waals surface area contributed by atoms with Crippen LogP contribution in [-0.2, 0) is 19.6 Å². The molecular formula is C24H37N3O5S. The van der Waals surface area contributed by atoms with Gasteiger partial charge in [0.15, 0.2) is 0 Å². The van der Waals surface area contributed by atoms with Crippen molar-refractivity contribution in [1.29, 1.82) is 0 Å². The maximum absolute atomic E-state index is 13.1. The van der Waals surface area contributed by atoms with Crippen LogP contribution in [0.3, 0.4) is 0 Å². The number of piperidine rings is 1. The second kappa shape index (κ2) is 10.9. The molecule has 8 nitrogen and oxygen atoms in total. The summed E-state index contributed by atoms with van der Waals surface area (Å²) >= 11 is 0. The lowest BCUT2D eigenvalue weighted by molar-refractivity contribution is -0.136. The van der Waals surface area contributed by atoms with Gasteiger partial charge >= 0.3 is 6.09 Å². The Hall–Kier alpha value is -2.13. The van der Waals surface area contributed by atoms with Gasteiger partial charge in [-0.3, -0.25) is 4.79 Å². The van der Waals surface area contributed by atoms with Crippen molar-refractivity contribution in [1.82, 2.24) is 14.1 Å². The first-order chi connectivity index (χ1) is 15.6. The van der Waals surface area contributed by atoms with Crippen LogP contribution in [0, 0.1) is 25.7 Å². The smallest absolute Gasteiger partial charge is 0.409 e. The molecule has 33 heavy (non-hydrogen) atoms. The van der Waals surface area contributed by atoms with Crippen molar-refractivity contribution in [3.63, 3.8) is 0 Å². The van der Waals surface area contributed by atoms with Crippen LogP contribution in [0.1, 0.15) is 44.2 Å². The fraction of sp³-hybridized carbons (Fsp3) is 0.667. The Morgan fingerprint density at radius 2 is 1.61 bits per heavy atom. The minimum absolute atomic E-state index is 0.0654. The molecule has 2 aliphatic heterocycles. The van der Waals surface area contributed by atoms with E-state index >= 15 is 0 Å². The maximum atomic E-state index is 13.1. The van der Waals surface area contributed by atoms with E-state index < -0.39 is 10.0 Å². The Labute approximate surface area is 197 Å². The number of carbonyl (C=O) groups excluding carboxylic acids is 2. The Balaban J connectivity index is 1.53. The Kier molecular flexibility index (Phi) is 8.39. The molecule has 0 N–H and O–H groups in total. The fourth-order valence-electron chi connectivity index (χ4n) is 4.27. The van der Waals surface area contributed by atoms with E-state index in [2.05, 4.69) is 0 Å². The molecule has 2 aliphatic rings. The van der Waals surface area contributed by atoms with Crippen LogP contribution < -0.4 is 0 Å². The second-order valence-electron chi connectivity index (χ2n) is 9.56. The predicted molar refractivity (Wildman–Crippen MR) is 126 cm³/mol. The average Bonchev–Trinajstić information content (AvgIpc) is 3.05. The summed E-state index contributed by atoms with van der Waals surface area (Å²) in [5.74, 6) is 0.162. The van der Waals surface area contributed by atoms with E-state index in [1.165, 1.54) is 4.31 Å². The summed E-state index contributed by atoms with van der Waals surface area (Å²) in [7, 11) is -3.56. The molecule has 3 rings (SSSR count). The molecule has 0 bridgehead atoms. The van der Waals surface area contributed by atoms with Crippen LogP contribution in [0.5, 0.6) is 0 Å². The number of hydrogen-bond acceptors (Lipinski definition) is 5. The van der Waals surface area contributed by atoms with Crippen molar-refractivity contribution < 1.29 is 22.7 Å². The molecule has 0 spiro atoms. The highest BCUT2D eigenvalue weighted by Crippen LogP contribution is 2.26. The van der Waals surface area contributed by atoms with Crippen molar-refractivity contribution >= 4 is 22.0 Å². The molecule has 2 fully saturated rings. The van der Waals surface area contributed by atoms with Gasteiger partial charge in [0.1, 0.15) is 0 Å². The number of aryl methyl sites for hydroxylation is 2. The second-order valence-corrected chi connectivity index (χ2v) is 11.5. The molecule has 2 heterocycles. The van der Waals surface area contributed by atoms with Crippen LogP contribution in [0.25, 0.3) is 0 Å². The van der Waals surface area contributed by atoms with Gasteiger partial charge in [0.05, 0.1) is 11.5 Å². The van der Waals surface area contributed by atoms with E-state index in [1.807, 2.05) is 38.7 Å². The summed E-state index contributed by atoms with van der Waals surface area (Å²) in [5.41, 5.74) is 2.01. The lowest BCUT2D eigenvalue weighted by Crippen LogP contribution is -2.45. The molecule has 0 aliphatic carbocycles. The first-order valence-corrected chi connectivity index (χ1v) is 13.3. The Bertz CT molecular complexity index is 955. The number of ether oxygens (including phenoxy) is 1. The summed E-state index contributed by atoms with van der Waals surface area (Å²) < 4.78 is 32.9. The van der Waals surface area contributed by atoms with E-state index in [4.69, 9.17) is 4.74 Å². The molecule has 2 amide bonds. The Morgan fingerprint density at radius 1 is 0.970 bits per heavy atom. The molecule has 0 unspecified atom stereocenters. The van der Waals surface area contributed by atoms with Crippen LogP contribution >= 0.6 is 0 Å². The van der Waals surface area contributed by atoms with Crippen molar-refractivity contribution in [2.24, 2.45) is 11.8 Å². The van der Waals surface area contributed by atoms with Gasteiger partial charge in [0.2, 0.25) is 15.9 Å². The maximum Gasteiger partial charge on any atom is 0.409 e. The standard InChI is InChI=1S/C24H37N3O5S/c1-18(2)17-32-24(29)26-11-5-10-25(14-15-26)23(28)21-8-12-27(13-9-21)33(30,31)22-7-6-19(3)20(4)16-22/h6-7,16,18,21H,5,8-15,17H2,1-4H3. The van der Waals surface area contributed by atoms with Gasteiger partial charge in [-0.15, -0.1) is 0 Å². The van der Waals surface area contributed by atoms with E-state index in [0.29, 0.717) is 70.0 Å². The summed E-state index contributed by atoms with van der Waals surface area (Å²) in [6, 6.07) is 5.21. The molecule has 1 aromatic rings. The van der Waals surface area contributed by atoms with Gasteiger partial charge < -0.3 is 14.5 Å². The van der Waals surface area contributed by atoms with E-state index in [9.17, 15) is 18.0 Å². The van der Waals surface area contributed by atoms with Gasteiger partial charge in [-0.05, 0) is 62.3 Å².